The van der Waals surface area contributed by atoms with Crippen molar-refractivity contribution in [3.63, 3.8) is 0 Å². The Bertz CT molecular complexity index is 1490. The first-order valence-corrected chi connectivity index (χ1v) is 13.9. The summed E-state index contributed by atoms with van der Waals surface area (Å²) < 4.78 is 13.5. The van der Waals surface area contributed by atoms with Crippen LogP contribution in [0, 0.1) is 5.82 Å². The summed E-state index contributed by atoms with van der Waals surface area (Å²) in [4.78, 5) is 31.9. The molecule has 1 aromatic heterocycles. The number of carbonyl (C=O) groups excluding carboxylic acids is 2. The van der Waals surface area contributed by atoms with Gasteiger partial charge < -0.3 is 9.80 Å². The lowest BCUT2D eigenvalue weighted by Gasteiger charge is -2.38. The lowest BCUT2D eigenvalue weighted by Crippen LogP contribution is -2.46. The van der Waals surface area contributed by atoms with Crippen molar-refractivity contribution in [3.05, 3.63) is 126 Å². The van der Waals surface area contributed by atoms with Gasteiger partial charge in [0, 0.05) is 38.6 Å². The molecule has 3 aromatic carbocycles. The minimum Gasteiger partial charge on any atom is -0.330 e. The average Bonchev–Trinajstić information content (AvgIpc) is 3.38. The molecule has 0 spiro atoms. The quantitative estimate of drug-likeness (QED) is 0.232. The molecule has 0 fully saturated rings. The van der Waals surface area contributed by atoms with Crippen LogP contribution >= 0.6 is 46.1 Å². The average molecular weight is 588 g/mol. The third-order valence-electron chi connectivity index (χ3n) is 6.51. The summed E-state index contributed by atoms with van der Waals surface area (Å²) in [5.41, 5.74) is 2.86. The van der Waals surface area contributed by atoms with E-state index in [-0.39, 0.29) is 30.7 Å². The van der Waals surface area contributed by atoms with E-state index in [0.29, 0.717) is 39.2 Å². The molecule has 4 nitrogen and oxygen atoms in total. The lowest BCUT2D eigenvalue weighted by atomic mass is 9.93. The van der Waals surface area contributed by atoms with Gasteiger partial charge in [0.05, 0.1) is 6.04 Å². The number of thiophene rings is 1. The van der Waals surface area contributed by atoms with E-state index in [1.54, 1.807) is 64.8 Å². The van der Waals surface area contributed by atoms with E-state index in [0.717, 1.165) is 11.1 Å². The molecule has 5 rings (SSSR count). The second-order valence-corrected chi connectivity index (χ2v) is 11.3. The van der Waals surface area contributed by atoms with Gasteiger partial charge in [0.2, 0.25) is 5.91 Å². The molecule has 38 heavy (non-hydrogen) atoms. The van der Waals surface area contributed by atoms with Crippen LogP contribution in [0.3, 0.4) is 0 Å². The van der Waals surface area contributed by atoms with Crippen molar-refractivity contribution >= 4 is 58.0 Å². The monoisotopic (exact) mass is 586 g/mol. The fourth-order valence-electron chi connectivity index (χ4n) is 4.71. The van der Waals surface area contributed by atoms with Gasteiger partial charge in [-0.1, -0.05) is 59.1 Å². The summed E-state index contributed by atoms with van der Waals surface area (Å²) in [7, 11) is 0. The molecule has 2 amide bonds. The topological polar surface area (TPSA) is 40.6 Å². The van der Waals surface area contributed by atoms with Crippen LogP contribution in [-0.2, 0) is 17.8 Å². The van der Waals surface area contributed by atoms with Crippen LogP contribution in [0.5, 0.6) is 0 Å². The zero-order chi connectivity index (χ0) is 26.8. The minimum absolute atomic E-state index is 0.126. The molecule has 1 aliphatic heterocycles. The number of hydrogen-bond acceptors (Lipinski definition) is 3. The first-order valence-electron chi connectivity index (χ1n) is 11.9. The molecule has 4 aromatic rings. The minimum atomic E-state index is -0.406. The van der Waals surface area contributed by atoms with Crippen LogP contribution in [-0.4, -0.2) is 34.7 Å². The maximum Gasteiger partial charge on any atom is 0.254 e. The van der Waals surface area contributed by atoms with Gasteiger partial charge in [-0.05, 0) is 77.0 Å². The van der Waals surface area contributed by atoms with Crippen molar-refractivity contribution in [2.45, 2.75) is 19.0 Å². The standard InChI is InChI=1S/C29H22Cl3FN2O2S/c30-20-3-1-2-19(14-20)29(37)34(16-18-4-7-22(33)8-5-18)17-27(36)35-12-10-26-24(11-13-38-26)28(35)23-9-6-21(31)15-25(23)32/h1-9,11,13-15,28H,10,12,16-17H2. The number of nitrogens with zero attached hydrogens (tertiary/aromatic N) is 2. The Labute approximate surface area is 239 Å². The van der Waals surface area contributed by atoms with E-state index in [2.05, 4.69) is 0 Å². The fraction of sp³-hybridized carbons (Fsp3) is 0.172. The van der Waals surface area contributed by atoms with Crippen LogP contribution in [0.25, 0.3) is 0 Å². The van der Waals surface area contributed by atoms with Crippen molar-refractivity contribution in [1.82, 2.24) is 9.80 Å². The van der Waals surface area contributed by atoms with Crippen LogP contribution in [0.15, 0.2) is 78.2 Å². The number of amides is 2. The summed E-state index contributed by atoms with van der Waals surface area (Å²) in [6.45, 7) is 0.427. The molecular formula is C29H22Cl3FN2O2S. The Morgan fingerprint density at radius 3 is 2.45 bits per heavy atom. The molecule has 1 aliphatic rings. The fourth-order valence-corrected chi connectivity index (χ4v) is 6.32. The Morgan fingerprint density at radius 1 is 0.947 bits per heavy atom. The van der Waals surface area contributed by atoms with Gasteiger partial charge in [-0.15, -0.1) is 11.3 Å². The highest BCUT2D eigenvalue weighted by atomic mass is 35.5. The molecule has 1 unspecified atom stereocenters. The van der Waals surface area contributed by atoms with E-state index < -0.39 is 6.04 Å². The van der Waals surface area contributed by atoms with E-state index in [1.165, 1.54) is 21.9 Å². The predicted molar refractivity (Wildman–Crippen MR) is 151 cm³/mol. The van der Waals surface area contributed by atoms with Crippen LogP contribution in [0.4, 0.5) is 4.39 Å². The van der Waals surface area contributed by atoms with Crippen LogP contribution < -0.4 is 0 Å². The number of rotatable bonds is 6. The van der Waals surface area contributed by atoms with Gasteiger partial charge in [0.25, 0.3) is 5.91 Å². The number of halogens is 4. The van der Waals surface area contributed by atoms with Gasteiger partial charge >= 0.3 is 0 Å². The second kappa shape index (κ2) is 11.5. The Hall–Kier alpha value is -2.90. The molecule has 0 bridgehead atoms. The van der Waals surface area contributed by atoms with E-state index in [1.807, 2.05) is 17.5 Å². The summed E-state index contributed by atoms with van der Waals surface area (Å²) in [6.07, 6.45) is 0.709. The first kappa shape index (κ1) is 26.7. The molecule has 0 N–H and O–H groups in total. The Balaban J connectivity index is 1.48. The van der Waals surface area contributed by atoms with E-state index in [4.69, 9.17) is 34.8 Å². The van der Waals surface area contributed by atoms with Crippen molar-refractivity contribution in [3.8, 4) is 0 Å². The van der Waals surface area contributed by atoms with Crippen molar-refractivity contribution < 1.29 is 14.0 Å². The predicted octanol–water partition coefficient (Wildman–Crippen LogP) is 7.66. The Kier molecular flexibility index (Phi) is 8.05. The third kappa shape index (κ3) is 5.74. The van der Waals surface area contributed by atoms with Crippen molar-refractivity contribution in [1.29, 1.82) is 0 Å². The second-order valence-electron chi connectivity index (χ2n) is 9.00. The number of hydrogen-bond donors (Lipinski definition) is 0. The van der Waals surface area contributed by atoms with E-state index in [9.17, 15) is 14.0 Å². The molecule has 9 heteroatoms. The smallest absolute Gasteiger partial charge is 0.254 e. The number of fused-ring (bicyclic) bond motifs is 1. The SMILES string of the molecule is O=C(c1cccc(Cl)c1)N(CC(=O)N1CCc2sccc2C1c1ccc(Cl)cc1Cl)Cc1ccc(F)cc1. The summed E-state index contributed by atoms with van der Waals surface area (Å²) in [5.74, 6) is -0.949. The van der Waals surface area contributed by atoms with Crippen LogP contribution in [0.1, 0.15) is 38.0 Å². The molecule has 2 heterocycles. The summed E-state index contributed by atoms with van der Waals surface area (Å²) in [5, 5.41) is 3.41. The zero-order valence-electron chi connectivity index (χ0n) is 20.0. The van der Waals surface area contributed by atoms with Crippen molar-refractivity contribution in [2.75, 3.05) is 13.1 Å². The first-order chi connectivity index (χ1) is 18.3. The van der Waals surface area contributed by atoms with Crippen molar-refractivity contribution in [2.24, 2.45) is 0 Å². The molecule has 1 atom stereocenters. The molecule has 0 saturated carbocycles. The maximum absolute atomic E-state index is 13.9. The maximum atomic E-state index is 13.9. The summed E-state index contributed by atoms with van der Waals surface area (Å²) >= 11 is 20.6. The van der Waals surface area contributed by atoms with E-state index >= 15 is 0 Å². The summed E-state index contributed by atoms with van der Waals surface area (Å²) in [6, 6.07) is 19.4. The van der Waals surface area contributed by atoms with Gasteiger partial charge in [0.15, 0.2) is 0 Å². The molecule has 0 aliphatic carbocycles. The lowest BCUT2D eigenvalue weighted by molar-refractivity contribution is -0.134. The highest BCUT2D eigenvalue weighted by molar-refractivity contribution is 7.10. The van der Waals surface area contributed by atoms with Gasteiger partial charge in [0.1, 0.15) is 12.4 Å². The number of carbonyl (C=O) groups is 2. The normalized spacial score (nSPS) is 14.7. The molecule has 0 radical (unpaired) electrons. The third-order valence-corrected chi connectivity index (χ3v) is 8.31. The van der Waals surface area contributed by atoms with Crippen LogP contribution in [0.2, 0.25) is 15.1 Å². The highest BCUT2D eigenvalue weighted by Crippen LogP contribution is 2.41. The van der Waals surface area contributed by atoms with Gasteiger partial charge in [-0.25, -0.2) is 4.39 Å². The van der Waals surface area contributed by atoms with Gasteiger partial charge in [-0.3, -0.25) is 9.59 Å². The highest BCUT2D eigenvalue weighted by Gasteiger charge is 2.35. The van der Waals surface area contributed by atoms with Gasteiger partial charge in [-0.2, -0.15) is 0 Å². The molecule has 0 saturated heterocycles. The molecular weight excluding hydrogens is 566 g/mol. The Morgan fingerprint density at radius 2 is 1.71 bits per heavy atom. The zero-order valence-corrected chi connectivity index (χ0v) is 23.1. The largest absolute Gasteiger partial charge is 0.330 e. The number of benzene rings is 3. The molecule has 194 valence electrons.